The molecule has 1 aromatic carbocycles. The van der Waals surface area contributed by atoms with Gasteiger partial charge in [-0.2, -0.15) is 0 Å². The SMILES string of the molecule is O=C(Cn1nc2ccccn2c1=O)Nc1cc(-c2ccc(Br)cc2)ncn1. The predicted octanol–water partition coefficient (Wildman–Crippen LogP) is 2.35. The van der Waals surface area contributed by atoms with E-state index in [4.69, 9.17) is 0 Å². The van der Waals surface area contributed by atoms with E-state index in [0.717, 1.165) is 14.7 Å². The number of nitrogens with one attached hydrogen (secondary N) is 1. The molecule has 0 fully saturated rings. The minimum Gasteiger partial charge on any atom is -0.309 e. The molecule has 1 amide bonds. The highest BCUT2D eigenvalue weighted by molar-refractivity contribution is 9.10. The molecule has 4 aromatic rings. The molecule has 0 aliphatic rings. The number of fused-ring (bicyclic) bond motifs is 1. The van der Waals surface area contributed by atoms with Gasteiger partial charge in [-0.15, -0.1) is 5.10 Å². The standard InChI is InChI=1S/C18H13BrN6O2/c19-13-6-4-12(5-7-13)14-9-15(21-11-20-14)22-17(26)10-25-18(27)24-8-2-1-3-16(24)23-25/h1-9,11H,10H2,(H,20,21,22,26). The highest BCUT2D eigenvalue weighted by Gasteiger charge is 2.11. The van der Waals surface area contributed by atoms with Gasteiger partial charge in [0.05, 0.1) is 5.69 Å². The normalized spacial score (nSPS) is 10.9. The largest absolute Gasteiger partial charge is 0.350 e. The van der Waals surface area contributed by atoms with Gasteiger partial charge in [-0.05, 0) is 24.3 Å². The number of anilines is 1. The van der Waals surface area contributed by atoms with Crippen LogP contribution < -0.4 is 11.0 Å². The van der Waals surface area contributed by atoms with Gasteiger partial charge >= 0.3 is 5.69 Å². The summed E-state index contributed by atoms with van der Waals surface area (Å²) in [6, 6.07) is 14.5. The predicted molar refractivity (Wildman–Crippen MR) is 103 cm³/mol. The van der Waals surface area contributed by atoms with Crippen molar-refractivity contribution < 1.29 is 4.79 Å². The van der Waals surface area contributed by atoms with Gasteiger partial charge in [0.25, 0.3) is 0 Å². The Morgan fingerprint density at radius 1 is 1.11 bits per heavy atom. The zero-order chi connectivity index (χ0) is 18.8. The van der Waals surface area contributed by atoms with Crippen molar-refractivity contribution in [1.29, 1.82) is 0 Å². The maximum Gasteiger partial charge on any atom is 0.350 e. The molecule has 0 radical (unpaired) electrons. The molecular weight excluding hydrogens is 412 g/mol. The van der Waals surface area contributed by atoms with Crippen LogP contribution in [0.1, 0.15) is 0 Å². The maximum absolute atomic E-state index is 12.3. The zero-order valence-electron chi connectivity index (χ0n) is 13.9. The van der Waals surface area contributed by atoms with Crippen molar-refractivity contribution in [3.8, 4) is 11.3 Å². The van der Waals surface area contributed by atoms with Crippen LogP contribution in [0.4, 0.5) is 5.82 Å². The van der Waals surface area contributed by atoms with E-state index in [1.165, 1.54) is 10.7 Å². The Balaban J connectivity index is 1.52. The second-order valence-electron chi connectivity index (χ2n) is 5.71. The molecule has 0 atom stereocenters. The number of carbonyl (C=O) groups excluding carboxylic acids is 1. The topological polar surface area (TPSA) is 94.2 Å². The number of carbonyl (C=O) groups is 1. The Morgan fingerprint density at radius 3 is 2.70 bits per heavy atom. The summed E-state index contributed by atoms with van der Waals surface area (Å²) in [7, 11) is 0. The second kappa shape index (κ2) is 7.12. The fourth-order valence-corrected chi connectivity index (χ4v) is 2.86. The van der Waals surface area contributed by atoms with Crippen LogP contribution in [-0.4, -0.2) is 30.1 Å². The molecule has 0 unspecified atom stereocenters. The third-order valence-corrected chi connectivity index (χ3v) is 4.39. The molecule has 9 heteroatoms. The van der Waals surface area contributed by atoms with E-state index in [2.05, 4.69) is 36.3 Å². The number of benzene rings is 1. The van der Waals surface area contributed by atoms with Gasteiger partial charge < -0.3 is 5.32 Å². The first-order valence-electron chi connectivity index (χ1n) is 8.02. The third-order valence-electron chi connectivity index (χ3n) is 3.86. The monoisotopic (exact) mass is 424 g/mol. The van der Waals surface area contributed by atoms with Crippen LogP contribution in [-0.2, 0) is 11.3 Å². The van der Waals surface area contributed by atoms with Crippen LogP contribution in [0.2, 0.25) is 0 Å². The first kappa shape index (κ1) is 17.1. The highest BCUT2D eigenvalue weighted by atomic mass is 79.9. The summed E-state index contributed by atoms with van der Waals surface area (Å²) in [4.78, 5) is 32.8. The van der Waals surface area contributed by atoms with Gasteiger partial charge in [0.2, 0.25) is 5.91 Å². The van der Waals surface area contributed by atoms with E-state index in [1.54, 1.807) is 30.5 Å². The van der Waals surface area contributed by atoms with E-state index in [0.29, 0.717) is 17.2 Å². The molecule has 1 N–H and O–H groups in total. The average Bonchev–Trinajstić information content (AvgIpc) is 2.98. The summed E-state index contributed by atoms with van der Waals surface area (Å²) >= 11 is 3.39. The minimum absolute atomic E-state index is 0.210. The van der Waals surface area contributed by atoms with Crippen LogP contribution in [0, 0.1) is 0 Å². The fraction of sp³-hybridized carbons (Fsp3) is 0.0556. The van der Waals surface area contributed by atoms with Crippen molar-refractivity contribution in [1.82, 2.24) is 24.1 Å². The first-order valence-corrected chi connectivity index (χ1v) is 8.81. The molecule has 27 heavy (non-hydrogen) atoms. The Labute approximate surface area is 161 Å². The summed E-state index contributed by atoms with van der Waals surface area (Å²) in [5.41, 5.74) is 1.68. The molecule has 0 saturated carbocycles. The number of hydrogen-bond donors (Lipinski definition) is 1. The van der Waals surface area contributed by atoms with E-state index >= 15 is 0 Å². The van der Waals surface area contributed by atoms with Crippen LogP contribution in [0.3, 0.4) is 0 Å². The molecule has 4 rings (SSSR count). The molecule has 0 aliphatic heterocycles. The lowest BCUT2D eigenvalue weighted by atomic mass is 10.1. The van der Waals surface area contributed by atoms with Crippen LogP contribution in [0.15, 0.2) is 70.3 Å². The second-order valence-corrected chi connectivity index (χ2v) is 6.63. The van der Waals surface area contributed by atoms with E-state index in [1.807, 2.05) is 24.3 Å². The molecule has 0 saturated heterocycles. The number of nitrogens with zero attached hydrogens (tertiary/aromatic N) is 5. The number of halogens is 1. The molecule has 0 bridgehead atoms. The molecule has 8 nitrogen and oxygen atoms in total. The van der Waals surface area contributed by atoms with Gasteiger partial charge in [-0.25, -0.2) is 19.4 Å². The van der Waals surface area contributed by atoms with Gasteiger partial charge in [-0.1, -0.05) is 34.1 Å². The van der Waals surface area contributed by atoms with Crippen LogP contribution >= 0.6 is 15.9 Å². The summed E-state index contributed by atoms with van der Waals surface area (Å²) in [6.07, 6.45) is 2.98. The van der Waals surface area contributed by atoms with Crippen molar-refractivity contribution in [3.05, 3.63) is 76.0 Å². The maximum atomic E-state index is 12.3. The fourth-order valence-electron chi connectivity index (χ4n) is 2.59. The Morgan fingerprint density at radius 2 is 1.93 bits per heavy atom. The Hall–Kier alpha value is -3.33. The van der Waals surface area contributed by atoms with E-state index in [-0.39, 0.29) is 12.2 Å². The summed E-state index contributed by atoms with van der Waals surface area (Å²) in [6.45, 7) is -0.210. The van der Waals surface area contributed by atoms with E-state index < -0.39 is 5.91 Å². The van der Waals surface area contributed by atoms with Crippen molar-refractivity contribution in [2.75, 3.05) is 5.32 Å². The van der Waals surface area contributed by atoms with Crippen LogP contribution in [0.5, 0.6) is 0 Å². The molecular formula is C18H13BrN6O2. The van der Waals surface area contributed by atoms with Crippen molar-refractivity contribution in [3.63, 3.8) is 0 Å². The molecule has 0 spiro atoms. The molecule has 3 aromatic heterocycles. The summed E-state index contributed by atoms with van der Waals surface area (Å²) in [5, 5.41) is 6.81. The number of aromatic nitrogens is 5. The Kier molecular flexibility index (Phi) is 4.51. The van der Waals surface area contributed by atoms with Crippen molar-refractivity contribution >= 4 is 33.3 Å². The number of hydrogen-bond acceptors (Lipinski definition) is 5. The average molecular weight is 425 g/mol. The molecule has 3 heterocycles. The van der Waals surface area contributed by atoms with Crippen LogP contribution in [0.25, 0.3) is 16.9 Å². The molecule has 134 valence electrons. The van der Waals surface area contributed by atoms with Gasteiger partial charge in [-0.3, -0.25) is 9.20 Å². The Bertz CT molecular complexity index is 1180. The summed E-state index contributed by atoms with van der Waals surface area (Å²) in [5.74, 6) is -0.0503. The first-order chi connectivity index (χ1) is 13.1. The lowest BCUT2D eigenvalue weighted by Crippen LogP contribution is -2.28. The molecule has 0 aliphatic carbocycles. The van der Waals surface area contributed by atoms with Gasteiger partial charge in [0.15, 0.2) is 5.65 Å². The van der Waals surface area contributed by atoms with Gasteiger partial charge in [0.1, 0.15) is 18.7 Å². The van der Waals surface area contributed by atoms with Crippen molar-refractivity contribution in [2.24, 2.45) is 0 Å². The highest BCUT2D eigenvalue weighted by Crippen LogP contribution is 2.21. The van der Waals surface area contributed by atoms with Crippen molar-refractivity contribution in [2.45, 2.75) is 6.54 Å². The number of amides is 1. The smallest absolute Gasteiger partial charge is 0.309 e. The quantitative estimate of drug-likeness (QED) is 0.542. The van der Waals surface area contributed by atoms with Gasteiger partial charge in [0, 0.05) is 22.3 Å². The van der Waals surface area contributed by atoms with E-state index in [9.17, 15) is 9.59 Å². The lowest BCUT2D eigenvalue weighted by molar-refractivity contribution is -0.117. The minimum atomic E-state index is -0.402. The number of pyridine rings is 1. The lowest BCUT2D eigenvalue weighted by Gasteiger charge is -2.06. The third kappa shape index (κ3) is 3.63. The zero-order valence-corrected chi connectivity index (χ0v) is 15.5. The summed E-state index contributed by atoms with van der Waals surface area (Å²) < 4.78 is 3.46. The number of rotatable bonds is 4.